The van der Waals surface area contributed by atoms with Crippen molar-refractivity contribution in [3.8, 4) is 5.69 Å². The van der Waals surface area contributed by atoms with Crippen LogP contribution in [0.4, 0.5) is 5.95 Å². The summed E-state index contributed by atoms with van der Waals surface area (Å²) in [5.74, 6) is 0.294. The zero-order valence-corrected chi connectivity index (χ0v) is 10.5. The summed E-state index contributed by atoms with van der Waals surface area (Å²) < 4.78 is 2.76. The average molecular weight is 306 g/mol. The quantitative estimate of drug-likeness (QED) is 0.796. The van der Waals surface area contributed by atoms with E-state index in [-0.39, 0.29) is 0 Å². The maximum Gasteiger partial charge on any atom is 0.225 e. The SMILES string of the molecule is Nc1n[nH]c(=S)n1-c1cccc(Cl)c1Br. The molecule has 0 spiro atoms. The van der Waals surface area contributed by atoms with E-state index >= 15 is 0 Å². The van der Waals surface area contributed by atoms with Gasteiger partial charge in [-0.1, -0.05) is 17.7 Å². The summed E-state index contributed by atoms with van der Waals surface area (Å²) in [6.07, 6.45) is 0. The normalized spacial score (nSPS) is 10.5. The Labute approximate surface area is 104 Å². The molecule has 4 nitrogen and oxygen atoms in total. The zero-order valence-electron chi connectivity index (χ0n) is 7.37. The van der Waals surface area contributed by atoms with E-state index < -0.39 is 0 Å². The Kier molecular flexibility index (Phi) is 2.81. The molecule has 0 aliphatic carbocycles. The van der Waals surface area contributed by atoms with Crippen LogP contribution in [0.15, 0.2) is 22.7 Å². The summed E-state index contributed by atoms with van der Waals surface area (Å²) in [7, 11) is 0. The molecule has 0 saturated heterocycles. The highest BCUT2D eigenvalue weighted by Gasteiger charge is 2.10. The molecule has 0 saturated carbocycles. The lowest BCUT2D eigenvalue weighted by atomic mass is 10.3. The van der Waals surface area contributed by atoms with Crippen LogP contribution in [-0.4, -0.2) is 14.8 Å². The van der Waals surface area contributed by atoms with E-state index in [1.165, 1.54) is 0 Å². The van der Waals surface area contributed by atoms with Gasteiger partial charge < -0.3 is 5.73 Å². The van der Waals surface area contributed by atoms with Crippen LogP contribution in [0.25, 0.3) is 5.69 Å². The molecule has 0 bridgehead atoms. The second kappa shape index (κ2) is 3.96. The molecule has 0 aliphatic rings. The molecule has 78 valence electrons. The maximum absolute atomic E-state index is 5.97. The van der Waals surface area contributed by atoms with Crippen molar-refractivity contribution in [3.05, 3.63) is 32.5 Å². The Hall–Kier alpha value is -0.850. The number of benzene rings is 1. The molecule has 2 aromatic rings. The van der Waals surface area contributed by atoms with Gasteiger partial charge >= 0.3 is 0 Å². The molecule has 0 unspecified atom stereocenters. The van der Waals surface area contributed by atoms with Crippen molar-refractivity contribution < 1.29 is 0 Å². The molecule has 0 fully saturated rings. The number of hydrogen-bond donors (Lipinski definition) is 2. The fourth-order valence-electron chi connectivity index (χ4n) is 1.21. The molecule has 7 heteroatoms. The number of anilines is 1. The summed E-state index contributed by atoms with van der Waals surface area (Å²) in [6.45, 7) is 0. The number of aromatic nitrogens is 3. The molecule has 15 heavy (non-hydrogen) atoms. The van der Waals surface area contributed by atoms with E-state index in [1.807, 2.05) is 12.1 Å². The molecular formula is C8H6BrClN4S. The lowest BCUT2D eigenvalue weighted by Crippen LogP contribution is -2.01. The highest BCUT2D eigenvalue weighted by atomic mass is 79.9. The minimum atomic E-state index is 0.294. The molecule has 1 aromatic heterocycles. The minimum absolute atomic E-state index is 0.294. The maximum atomic E-state index is 5.97. The second-order valence-corrected chi connectivity index (χ2v) is 4.38. The van der Waals surface area contributed by atoms with Gasteiger partial charge in [0, 0.05) is 0 Å². The third-order valence-electron chi connectivity index (χ3n) is 1.87. The fraction of sp³-hybridized carbons (Fsp3) is 0. The minimum Gasteiger partial charge on any atom is -0.368 e. The summed E-state index contributed by atoms with van der Waals surface area (Å²) in [5.41, 5.74) is 6.45. The first-order valence-electron chi connectivity index (χ1n) is 3.98. The summed E-state index contributed by atoms with van der Waals surface area (Å²) in [5, 5.41) is 7.02. The number of nitrogens with zero attached hydrogens (tertiary/aromatic N) is 2. The van der Waals surface area contributed by atoms with Crippen LogP contribution < -0.4 is 5.73 Å². The average Bonchev–Trinajstić information content (AvgIpc) is 2.52. The van der Waals surface area contributed by atoms with E-state index in [4.69, 9.17) is 29.6 Å². The van der Waals surface area contributed by atoms with Gasteiger partial charge in [-0.15, -0.1) is 5.10 Å². The third-order valence-corrected chi connectivity index (χ3v) is 3.52. The van der Waals surface area contributed by atoms with Gasteiger partial charge in [0.2, 0.25) is 10.7 Å². The van der Waals surface area contributed by atoms with Gasteiger partial charge in [0.25, 0.3) is 0 Å². The number of rotatable bonds is 1. The first kappa shape index (κ1) is 10.7. The van der Waals surface area contributed by atoms with Crippen LogP contribution >= 0.6 is 39.7 Å². The zero-order chi connectivity index (χ0) is 11.0. The summed E-state index contributed by atoms with van der Waals surface area (Å²) in [6, 6.07) is 5.43. The Morgan fingerprint density at radius 1 is 1.53 bits per heavy atom. The second-order valence-electron chi connectivity index (χ2n) is 2.80. The van der Waals surface area contributed by atoms with E-state index in [2.05, 4.69) is 26.1 Å². The van der Waals surface area contributed by atoms with Gasteiger partial charge in [-0.05, 0) is 40.3 Å². The third kappa shape index (κ3) is 1.80. The van der Waals surface area contributed by atoms with Crippen LogP contribution in [0.1, 0.15) is 0 Å². The summed E-state index contributed by atoms with van der Waals surface area (Å²) in [4.78, 5) is 0. The summed E-state index contributed by atoms with van der Waals surface area (Å²) >= 11 is 14.4. The molecule has 3 N–H and O–H groups in total. The number of hydrogen-bond acceptors (Lipinski definition) is 3. The molecule has 1 aromatic carbocycles. The van der Waals surface area contributed by atoms with E-state index in [1.54, 1.807) is 10.6 Å². The van der Waals surface area contributed by atoms with Crippen molar-refractivity contribution in [2.45, 2.75) is 0 Å². The van der Waals surface area contributed by atoms with Crippen LogP contribution in [0.3, 0.4) is 0 Å². The Morgan fingerprint density at radius 2 is 2.27 bits per heavy atom. The van der Waals surface area contributed by atoms with Crippen molar-refractivity contribution in [1.29, 1.82) is 0 Å². The number of nitrogen functional groups attached to an aromatic ring is 1. The van der Waals surface area contributed by atoms with E-state index in [0.29, 0.717) is 15.7 Å². The molecule has 0 aliphatic heterocycles. The monoisotopic (exact) mass is 304 g/mol. The van der Waals surface area contributed by atoms with Gasteiger partial charge in [0.15, 0.2) is 0 Å². The molecule has 0 amide bonds. The molecule has 0 atom stereocenters. The van der Waals surface area contributed by atoms with Crippen molar-refractivity contribution in [3.63, 3.8) is 0 Å². The fourth-order valence-corrected chi connectivity index (χ4v) is 2.06. The Bertz CT molecular complexity index is 562. The van der Waals surface area contributed by atoms with Crippen molar-refractivity contribution in [2.24, 2.45) is 0 Å². The number of nitrogens with one attached hydrogen (secondary N) is 1. The highest BCUT2D eigenvalue weighted by molar-refractivity contribution is 9.10. The van der Waals surface area contributed by atoms with Crippen LogP contribution in [0, 0.1) is 4.77 Å². The Balaban J connectivity index is 2.75. The standard InChI is InChI=1S/C8H6BrClN4S/c9-6-4(10)2-1-3-5(6)14-7(11)12-13-8(14)15/h1-3H,(H2,11,12)(H,13,15). The predicted octanol–water partition coefficient (Wildman–Crippen LogP) is 2.93. The predicted molar refractivity (Wildman–Crippen MR) is 65.9 cm³/mol. The lowest BCUT2D eigenvalue weighted by molar-refractivity contribution is 1.03. The smallest absolute Gasteiger partial charge is 0.225 e. The van der Waals surface area contributed by atoms with E-state index in [9.17, 15) is 0 Å². The van der Waals surface area contributed by atoms with Crippen molar-refractivity contribution in [1.82, 2.24) is 14.8 Å². The number of aromatic amines is 1. The Morgan fingerprint density at radius 3 is 2.87 bits per heavy atom. The number of halogens is 2. The lowest BCUT2D eigenvalue weighted by Gasteiger charge is -2.07. The molecular weight excluding hydrogens is 300 g/mol. The molecule has 2 rings (SSSR count). The van der Waals surface area contributed by atoms with E-state index in [0.717, 1.165) is 10.2 Å². The molecule has 1 heterocycles. The van der Waals surface area contributed by atoms with Crippen molar-refractivity contribution in [2.75, 3.05) is 5.73 Å². The van der Waals surface area contributed by atoms with Crippen LogP contribution in [-0.2, 0) is 0 Å². The number of H-pyrrole nitrogens is 1. The van der Waals surface area contributed by atoms with Gasteiger partial charge in [-0.25, -0.2) is 5.10 Å². The first-order chi connectivity index (χ1) is 7.11. The van der Waals surface area contributed by atoms with Crippen LogP contribution in [0.2, 0.25) is 5.02 Å². The molecule has 0 radical (unpaired) electrons. The van der Waals surface area contributed by atoms with Crippen LogP contribution in [0.5, 0.6) is 0 Å². The van der Waals surface area contributed by atoms with Gasteiger partial charge in [0.05, 0.1) is 15.2 Å². The highest BCUT2D eigenvalue weighted by Crippen LogP contribution is 2.29. The topological polar surface area (TPSA) is 59.6 Å². The number of nitrogens with two attached hydrogens (primary N) is 1. The van der Waals surface area contributed by atoms with Gasteiger partial charge in [0.1, 0.15) is 0 Å². The van der Waals surface area contributed by atoms with Gasteiger partial charge in [-0.3, -0.25) is 4.57 Å². The van der Waals surface area contributed by atoms with Crippen molar-refractivity contribution >= 4 is 45.7 Å². The largest absolute Gasteiger partial charge is 0.368 e. The first-order valence-corrected chi connectivity index (χ1v) is 5.56. The van der Waals surface area contributed by atoms with Gasteiger partial charge in [-0.2, -0.15) is 0 Å².